The Bertz CT molecular complexity index is 808. The standard InChI is InChI=1S/C16H14ClN3O/c1-10(21)20(2)13-5-3-11(4-6-13)14-7-12(17)8-16-15(14)9-18-19-16/h3-9H,1-2H3,(H,18,19). The zero-order chi connectivity index (χ0) is 15.0. The molecular formula is C16H14ClN3O. The molecule has 0 radical (unpaired) electrons. The maximum atomic E-state index is 11.4. The van der Waals surface area contributed by atoms with Crippen molar-refractivity contribution in [2.45, 2.75) is 6.92 Å². The van der Waals surface area contributed by atoms with Crippen molar-refractivity contribution in [1.29, 1.82) is 0 Å². The lowest BCUT2D eigenvalue weighted by atomic mass is 10.0. The highest BCUT2D eigenvalue weighted by Gasteiger charge is 2.09. The van der Waals surface area contributed by atoms with Crippen LogP contribution in [-0.2, 0) is 4.79 Å². The number of amides is 1. The van der Waals surface area contributed by atoms with Crippen molar-refractivity contribution >= 4 is 34.1 Å². The minimum atomic E-state index is 0.00253. The van der Waals surface area contributed by atoms with Crippen molar-refractivity contribution in [3.63, 3.8) is 0 Å². The Balaban J connectivity index is 2.07. The van der Waals surface area contributed by atoms with Crippen molar-refractivity contribution in [3.05, 3.63) is 47.6 Å². The van der Waals surface area contributed by atoms with Crippen molar-refractivity contribution in [2.75, 3.05) is 11.9 Å². The van der Waals surface area contributed by atoms with Crippen LogP contribution in [0.15, 0.2) is 42.6 Å². The number of H-pyrrole nitrogens is 1. The predicted octanol–water partition coefficient (Wildman–Crippen LogP) is 3.87. The SMILES string of the molecule is CC(=O)N(C)c1ccc(-c2cc(Cl)cc3[nH]ncc23)cc1. The minimum absolute atomic E-state index is 0.00253. The van der Waals surface area contributed by atoms with Crippen LogP contribution in [0.5, 0.6) is 0 Å². The third-order valence-electron chi connectivity index (χ3n) is 3.56. The number of carbonyl (C=O) groups excluding carboxylic acids is 1. The Morgan fingerprint density at radius 1 is 1.24 bits per heavy atom. The fourth-order valence-corrected chi connectivity index (χ4v) is 2.52. The first kappa shape index (κ1) is 13.6. The molecule has 1 N–H and O–H groups in total. The largest absolute Gasteiger partial charge is 0.316 e. The fraction of sp³-hybridized carbons (Fsp3) is 0.125. The molecule has 0 aliphatic carbocycles. The smallest absolute Gasteiger partial charge is 0.223 e. The van der Waals surface area contributed by atoms with Gasteiger partial charge in [-0.2, -0.15) is 5.10 Å². The van der Waals surface area contributed by atoms with Crippen LogP contribution >= 0.6 is 11.6 Å². The number of aromatic amines is 1. The fourth-order valence-electron chi connectivity index (χ4n) is 2.30. The van der Waals surface area contributed by atoms with Crippen LogP contribution in [0.25, 0.3) is 22.0 Å². The summed E-state index contributed by atoms with van der Waals surface area (Å²) in [5.41, 5.74) is 3.81. The predicted molar refractivity (Wildman–Crippen MR) is 85.6 cm³/mol. The maximum absolute atomic E-state index is 11.4. The van der Waals surface area contributed by atoms with Gasteiger partial charge in [0.1, 0.15) is 0 Å². The van der Waals surface area contributed by atoms with Gasteiger partial charge < -0.3 is 4.90 Å². The second kappa shape index (κ2) is 5.22. The summed E-state index contributed by atoms with van der Waals surface area (Å²) >= 11 is 6.15. The molecule has 0 spiro atoms. The Labute approximate surface area is 127 Å². The molecular weight excluding hydrogens is 286 g/mol. The zero-order valence-corrected chi connectivity index (χ0v) is 12.5. The summed E-state index contributed by atoms with van der Waals surface area (Å²) in [5.74, 6) is 0.00253. The Morgan fingerprint density at radius 2 is 1.95 bits per heavy atom. The van der Waals surface area contributed by atoms with Crippen molar-refractivity contribution in [2.24, 2.45) is 0 Å². The first-order chi connectivity index (χ1) is 10.1. The normalized spacial score (nSPS) is 10.8. The maximum Gasteiger partial charge on any atom is 0.223 e. The average molecular weight is 300 g/mol. The highest BCUT2D eigenvalue weighted by molar-refractivity contribution is 6.31. The van der Waals surface area contributed by atoms with Crippen LogP contribution in [0.1, 0.15) is 6.92 Å². The summed E-state index contributed by atoms with van der Waals surface area (Å²) in [6.07, 6.45) is 1.79. The van der Waals surface area contributed by atoms with E-state index < -0.39 is 0 Å². The number of carbonyl (C=O) groups is 1. The van der Waals surface area contributed by atoms with Gasteiger partial charge in [0.05, 0.1) is 11.7 Å². The molecule has 1 amide bonds. The van der Waals surface area contributed by atoms with Crippen molar-refractivity contribution < 1.29 is 4.79 Å². The highest BCUT2D eigenvalue weighted by Crippen LogP contribution is 2.32. The molecule has 1 aromatic heterocycles. The number of halogens is 1. The summed E-state index contributed by atoms with van der Waals surface area (Å²) in [7, 11) is 1.75. The van der Waals surface area contributed by atoms with Crippen molar-refractivity contribution in [3.8, 4) is 11.1 Å². The number of aromatic nitrogens is 2. The Morgan fingerprint density at radius 3 is 2.62 bits per heavy atom. The molecule has 0 aliphatic heterocycles. The van der Waals surface area contributed by atoms with Gasteiger partial charge in [0.25, 0.3) is 0 Å². The average Bonchev–Trinajstić information content (AvgIpc) is 2.93. The van der Waals surface area contributed by atoms with Crippen LogP contribution in [0.3, 0.4) is 0 Å². The lowest BCUT2D eigenvalue weighted by Gasteiger charge is -2.15. The topological polar surface area (TPSA) is 49.0 Å². The number of anilines is 1. The van der Waals surface area contributed by atoms with Gasteiger partial charge in [-0.25, -0.2) is 0 Å². The molecule has 2 aromatic carbocycles. The molecule has 0 bridgehead atoms. The van der Waals surface area contributed by atoms with Gasteiger partial charge in [0.2, 0.25) is 5.91 Å². The van der Waals surface area contributed by atoms with Gasteiger partial charge in [-0.1, -0.05) is 23.7 Å². The third kappa shape index (κ3) is 2.50. The van der Waals surface area contributed by atoms with E-state index in [9.17, 15) is 4.79 Å². The zero-order valence-electron chi connectivity index (χ0n) is 11.7. The lowest BCUT2D eigenvalue weighted by molar-refractivity contribution is -0.116. The van der Waals surface area contributed by atoms with Crippen LogP contribution in [0.4, 0.5) is 5.69 Å². The molecule has 5 heteroatoms. The number of fused-ring (bicyclic) bond motifs is 1. The van der Waals surface area contributed by atoms with Gasteiger partial charge in [-0.15, -0.1) is 0 Å². The van der Waals surface area contributed by atoms with Gasteiger partial charge in [0, 0.05) is 30.1 Å². The molecule has 0 saturated heterocycles. The van der Waals surface area contributed by atoms with Gasteiger partial charge in [-0.05, 0) is 35.4 Å². The van der Waals surface area contributed by atoms with E-state index in [2.05, 4.69) is 10.2 Å². The molecule has 3 aromatic rings. The van der Waals surface area contributed by atoms with E-state index >= 15 is 0 Å². The third-order valence-corrected chi connectivity index (χ3v) is 3.78. The lowest BCUT2D eigenvalue weighted by Crippen LogP contribution is -2.22. The van der Waals surface area contributed by atoms with Crippen LogP contribution < -0.4 is 4.90 Å². The number of nitrogens with one attached hydrogen (secondary N) is 1. The summed E-state index contributed by atoms with van der Waals surface area (Å²) in [4.78, 5) is 13.0. The molecule has 0 unspecified atom stereocenters. The molecule has 1 heterocycles. The van der Waals surface area contributed by atoms with Crippen molar-refractivity contribution in [1.82, 2.24) is 10.2 Å². The summed E-state index contributed by atoms with van der Waals surface area (Å²) in [5, 5.41) is 8.67. The van der Waals surface area contributed by atoms with E-state index in [0.717, 1.165) is 27.7 Å². The summed E-state index contributed by atoms with van der Waals surface area (Å²) in [6, 6.07) is 11.6. The second-order valence-electron chi connectivity index (χ2n) is 4.91. The van der Waals surface area contributed by atoms with E-state index in [1.54, 1.807) is 25.1 Å². The number of hydrogen-bond acceptors (Lipinski definition) is 2. The molecule has 0 fully saturated rings. The van der Waals surface area contributed by atoms with Gasteiger partial charge in [0.15, 0.2) is 0 Å². The molecule has 0 atom stereocenters. The molecule has 106 valence electrons. The van der Waals surface area contributed by atoms with Crippen LogP contribution in [0.2, 0.25) is 5.02 Å². The molecule has 4 nitrogen and oxygen atoms in total. The minimum Gasteiger partial charge on any atom is -0.316 e. The molecule has 0 saturated carbocycles. The first-order valence-corrected chi connectivity index (χ1v) is 6.91. The van der Waals surface area contributed by atoms with Crippen LogP contribution in [-0.4, -0.2) is 23.2 Å². The van der Waals surface area contributed by atoms with E-state index in [0.29, 0.717) is 5.02 Å². The van der Waals surface area contributed by atoms with E-state index in [-0.39, 0.29) is 5.91 Å². The Hall–Kier alpha value is -2.33. The van der Waals surface area contributed by atoms with Gasteiger partial charge >= 0.3 is 0 Å². The van der Waals surface area contributed by atoms with Crippen LogP contribution in [0, 0.1) is 0 Å². The molecule has 0 aliphatic rings. The first-order valence-electron chi connectivity index (χ1n) is 6.53. The second-order valence-corrected chi connectivity index (χ2v) is 5.35. The summed E-state index contributed by atoms with van der Waals surface area (Å²) < 4.78 is 0. The monoisotopic (exact) mass is 299 g/mol. The number of benzene rings is 2. The molecule has 21 heavy (non-hydrogen) atoms. The van der Waals surface area contributed by atoms with E-state index in [1.165, 1.54) is 0 Å². The number of nitrogens with zero attached hydrogens (tertiary/aromatic N) is 2. The van der Waals surface area contributed by atoms with E-state index in [1.807, 2.05) is 36.4 Å². The van der Waals surface area contributed by atoms with Gasteiger partial charge in [-0.3, -0.25) is 9.89 Å². The highest BCUT2D eigenvalue weighted by atomic mass is 35.5. The van der Waals surface area contributed by atoms with E-state index in [4.69, 9.17) is 11.6 Å². The Kier molecular flexibility index (Phi) is 3.39. The quantitative estimate of drug-likeness (QED) is 0.781. The number of rotatable bonds is 2. The molecule has 3 rings (SSSR count). The number of hydrogen-bond donors (Lipinski definition) is 1. The summed E-state index contributed by atoms with van der Waals surface area (Å²) in [6.45, 7) is 1.54.